The lowest BCUT2D eigenvalue weighted by Crippen LogP contribution is -2.50. The quantitative estimate of drug-likeness (QED) is 0.689. The second-order valence-electron chi connectivity index (χ2n) is 4.12. The molecular formula is C11H17NO3. The van der Waals surface area contributed by atoms with Crippen LogP contribution in [0.25, 0.3) is 0 Å². The van der Waals surface area contributed by atoms with Crippen LogP contribution in [0.2, 0.25) is 0 Å². The van der Waals surface area contributed by atoms with Gasteiger partial charge in [0.15, 0.2) is 6.10 Å². The first-order valence-corrected chi connectivity index (χ1v) is 5.52. The Morgan fingerprint density at radius 2 is 2.40 bits per heavy atom. The molecule has 0 aromatic rings. The molecule has 1 N–H and O–H groups in total. The van der Waals surface area contributed by atoms with Crippen molar-refractivity contribution in [3.63, 3.8) is 0 Å². The van der Waals surface area contributed by atoms with Gasteiger partial charge < -0.3 is 9.84 Å². The van der Waals surface area contributed by atoms with Crippen molar-refractivity contribution in [2.24, 2.45) is 0 Å². The molecule has 15 heavy (non-hydrogen) atoms. The summed E-state index contributed by atoms with van der Waals surface area (Å²) in [5.41, 5.74) is 0. The lowest BCUT2D eigenvalue weighted by atomic mass is 10.0. The van der Waals surface area contributed by atoms with Crippen molar-refractivity contribution in [2.75, 3.05) is 19.7 Å². The normalized spacial score (nSPS) is 32.8. The van der Waals surface area contributed by atoms with Crippen molar-refractivity contribution >= 4 is 5.97 Å². The maximum atomic E-state index is 10.8. The SMILES string of the molecule is O=C(O)C1CN(C2C=CCCC2)CCO1. The molecule has 4 nitrogen and oxygen atoms in total. The Balaban J connectivity index is 1.94. The molecule has 0 spiro atoms. The topological polar surface area (TPSA) is 49.8 Å². The van der Waals surface area contributed by atoms with E-state index in [9.17, 15) is 4.79 Å². The van der Waals surface area contributed by atoms with Crippen LogP contribution in [-0.2, 0) is 9.53 Å². The van der Waals surface area contributed by atoms with Gasteiger partial charge in [0.05, 0.1) is 6.61 Å². The van der Waals surface area contributed by atoms with Gasteiger partial charge in [0.1, 0.15) is 0 Å². The number of morpholine rings is 1. The standard InChI is InChI=1S/C11H17NO3/c13-11(14)10-8-12(6-7-15-10)9-4-2-1-3-5-9/h2,4,9-10H,1,3,5-8H2,(H,13,14). The molecule has 84 valence electrons. The summed E-state index contributed by atoms with van der Waals surface area (Å²) in [7, 11) is 0. The zero-order valence-electron chi connectivity index (χ0n) is 8.76. The molecule has 0 radical (unpaired) electrons. The number of ether oxygens (including phenoxy) is 1. The Bertz CT molecular complexity index is 265. The van der Waals surface area contributed by atoms with Crippen molar-refractivity contribution in [1.82, 2.24) is 4.90 Å². The third-order valence-corrected chi connectivity index (χ3v) is 3.07. The molecule has 0 aromatic heterocycles. The third kappa shape index (κ3) is 2.58. The van der Waals surface area contributed by atoms with Gasteiger partial charge in [-0.25, -0.2) is 4.79 Å². The highest BCUT2D eigenvalue weighted by molar-refractivity contribution is 5.72. The van der Waals surface area contributed by atoms with Crippen molar-refractivity contribution in [3.05, 3.63) is 12.2 Å². The van der Waals surface area contributed by atoms with Crippen molar-refractivity contribution in [3.8, 4) is 0 Å². The largest absolute Gasteiger partial charge is 0.479 e. The average molecular weight is 211 g/mol. The van der Waals surface area contributed by atoms with Gasteiger partial charge in [-0.15, -0.1) is 0 Å². The number of hydrogen-bond acceptors (Lipinski definition) is 3. The summed E-state index contributed by atoms with van der Waals surface area (Å²) in [6, 6.07) is 0.421. The Kier molecular flexibility index (Phi) is 3.38. The number of allylic oxidation sites excluding steroid dienone is 1. The average Bonchev–Trinajstić information content (AvgIpc) is 2.30. The molecule has 2 aliphatic rings. The Hall–Kier alpha value is -0.870. The molecule has 0 bridgehead atoms. The molecular weight excluding hydrogens is 194 g/mol. The van der Waals surface area contributed by atoms with Gasteiger partial charge >= 0.3 is 5.97 Å². The number of nitrogens with zero attached hydrogens (tertiary/aromatic N) is 1. The van der Waals surface area contributed by atoms with E-state index in [-0.39, 0.29) is 0 Å². The van der Waals surface area contributed by atoms with Crippen LogP contribution in [0, 0.1) is 0 Å². The van der Waals surface area contributed by atoms with Crippen LogP contribution in [0.15, 0.2) is 12.2 Å². The maximum absolute atomic E-state index is 10.8. The Morgan fingerprint density at radius 3 is 3.07 bits per heavy atom. The minimum absolute atomic E-state index is 0.421. The number of hydrogen-bond donors (Lipinski definition) is 1. The first kappa shape index (κ1) is 10.6. The predicted molar refractivity (Wildman–Crippen MR) is 55.7 cm³/mol. The molecule has 1 fully saturated rings. The summed E-state index contributed by atoms with van der Waals surface area (Å²) in [6.45, 7) is 1.89. The number of carbonyl (C=O) groups is 1. The summed E-state index contributed by atoms with van der Waals surface area (Å²) >= 11 is 0. The van der Waals surface area contributed by atoms with Gasteiger partial charge in [-0.1, -0.05) is 12.2 Å². The fourth-order valence-corrected chi connectivity index (χ4v) is 2.22. The molecule has 0 saturated carbocycles. The maximum Gasteiger partial charge on any atom is 0.334 e. The van der Waals surface area contributed by atoms with Crippen molar-refractivity contribution in [2.45, 2.75) is 31.4 Å². The number of aliphatic carboxylic acids is 1. The van der Waals surface area contributed by atoms with E-state index < -0.39 is 12.1 Å². The van der Waals surface area contributed by atoms with Crippen LogP contribution >= 0.6 is 0 Å². The minimum atomic E-state index is -0.848. The van der Waals surface area contributed by atoms with Gasteiger partial charge in [-0.3, -0.25) is 4.90 Å². The monoisotopic (exact) mass is 211 g/mol. The zero-order valence-corrected chi connectivity index (χ0v) is 8.76. The summed E-state index contributed by atoms with van der Waals surface area (Å²) in [5, 5.41) is 8.88. The Morgan fingerprint density at radius 1 is 1.53 bits per heavy atom. The first-order chi connectivity index (χ1) is 7.27. The van der Waals surface area contributed by atoms with E-state index in [0.29, 0.717) is 19.2 Å². The zero-order chi connectivity index (χ0) is 10.7. The van der Waals surface area contributed by atoms with Crippen LogP contribution in [0.5, 0.6) is 0 Å². The van der Waals surface area contributed by atoms with Crippen LogP contribution in [0.1, 0.15) is 19.3 Å². The fraction of sp³-hybridized carbons (Fsp3) is 0.727. The summed E-state index contributed by atoms with van der Waals surface area (Å²) < 4.78 is 5.20. The fourth-order valence-electron chi connectivity index (χ4n) is 2.22. The molecule has 0 aromatic carbocycles. The molecule has 2 unspecified atom stereocenters. The molecule has 1 heterocycles. The third-order valence-electron chi connectivity index (χ3n) is 3.07. The van der Waals surface area contributed by atoms with E-state index >= 15 is 0 Å². The second kappa shape index (κ2) is 4.77. The van der Waals surface area contributed by atoms with Gasteiger partial charge in [-0.05, 0) is 19.3 Å². The molecule has 0 amide bonds. The van der Waals surface area contributed by atoms with E-state index in [1.165, 1.54) is 6.42 Å². The summed E-state index contributed by atoms with van der Waals surface area (Å²) in [4.78, 5) is 13.0. The molecule has 2 rings (SSSR count). The van der Waals surface area contributed by atoms with Crippen LogP contribution in [0.4, 0.5) is 0 Å². The minimum Gasteiger partial charge on any atom is -0.479 e. The van der Waals surface area contributed by atoms with Crippen LogP contribution in [0.3, 0.4) is 0 Å². The predicted octanol–water partition coefficient (Wildman–Crippen LogP) is 0.880. The molecule has 1 saturated heterocycles. The van der Waals surface area contributed by atoms with Gasteiger partial charge in [0.25, 0.3) is 0 Å². The van der Waals surface area contributed by atoms with Crippen molar-refractivity contribution in [1.29, 1.82) is 0 Å². The van der Waals surface area contributed by atoms with Crippen LogP contribution in [-0.4, -0.2) is 47.8 Å². The van der Waals surface area contributed by atoms with Gasteiger partial charge in [0.2, 0.25) is 0 Å². The lowest BCUT2D eigenvalue weighted by molar-refractivity contribution is -0.156. The number of rotatable bonds is 2. The second-order valence-corrected chi connectivity index (χ2v) is 4.12. The Labute approximate surface area is 89.5 Å². The highest BCUT2D eigenvalue weighted by atomic mass is 16.5. The number of carboxylic acids is 1. The highest BCUT2D eigenvalue weighted by Gasteiger charge is 2.29. The molecule has 4 heteroatoms. The number of carboxylic acid groups (broad SMARTS) is 1. The van der Waals surface area contributed by atoms with E-state index in [4.69, 9.17) is 9.84 Å². The van der Waals surface area contributed by atoms with Crippen molar-refractivity contribution < 1.29 is 14.6 Å². The first-order valence-electron chi connectivity index (χ1n) is 5.52. The molecule has 1 aliphatic carbocycles. The van der Waals surface area contributed by atoms with E-state index in [1.807, 2.05) is 0 Å². The smallest absolute Gasteiger partial charge is 0.334 e. The summed E-state index contributed by atoms with van der Waals surface area (Å²) in [5.74, 6) is -0.848. The lowest BCUT2D eigenvalue weighted by Gasteiger charge is -2.36. The highest BCUT2D eigenvalue weighted by Crippen LogP contribution is 2.19. The van der Waals surface area contributed by atoms with Gasteiger partial charge in [-0.2, -0.15) is 0 Å². The summed E-state index contributed by atoms with van der Waals surface area (Å²) in [6.07, 6.45) is 7.25. The molecule has 1 aliphatic heterocycles. The van der Waals surface area contributed by atoms with E-state index in [2.05, 4.69) is 17.1 Å². The molecule has 2 atom stereocenters. The van der Waals surface area contributed by atoms with Crippen LogP contribution < -0.4 is 0 Å². The van der Waals surface area contributed by atoms with E-state index in [0.717, 1.165) is 19.4 Å². The van der Waals surface area contributed by atoms with Gasteiger partial charge in [0, 0.05) is 19.1 Å². The van der Waals surface area contributed by atoms with E-state index in [1.54, 1.807) is 0 Å².